The van der Waals surface area contributed by atoms with E-state index in [9.17, 15) is 9.59 Å². The third-order valence-corrected chi connectivity index (χ3v) is 3.31. The molecule has 0 bridgehead atoms. The molecule has 1 N–H and O–H groups in total. The van der Waals surface area contributed by atoms with Crippen LogP contribution in [0.3, 0.4) is 0 Å². The van der Waals surface area contributed by atoms with Gasteiger partial charge in [0.2, 0.25) is 0 Å². The summed E-state index contributed by atoms with van der Waals surface area (Å²) < 4.78 is 10.3. The molecule has 0 aliphatic carbocycles. The molecule has 0 aliphatic rings. The fourth-order valence-electron chi connectivity index (χ4n) is 2.17. The molecule has 5 nitrogen and oxygen atoms in total. The molecule has 2 rings (SSSR count). The molecule has 2 aromatic rings. The standard InChI is InChI=1S/C20H21NO4/c1-3-24-17-12-10-16(11-13-17)20(23)21-18(14-19(22)25-4-2)15-8-6-5-7-9-15/h5-14H,3-4H2,1-2H3,(H,21,23)/b18-14-. The van der Waals surface area contributed by atoms with Gasteiger partial charge < -0.3 is 14.8 Å². The van der Waals surface area contributed by atoms with Crippen molar-refractivity contribution < 1.29 is 19.1 Å². The van der Waals surface area contributed by atoms with Crippen molar-refractivity contribution in [2.45, 2.75) is 13.8 Å². The summed E-state index contributed by atoms with van der Waals surface area (Å²) in [4.78, 5) is 24.3. The molecule has 25 heavy (non-hydrogen) atoms. The molecule has 1 amide bonds. The number of amides is 1. The highest BCUT2D eigenvalue weighted by molar-refractivity contribution is 6.02. The minimum Gasteiger partial charge on any atom is -0.494 e. The van der Waals surface area contributed by atoms with Crippen LogP contribution in [0.15, 0.2) is 60.7 Å². The number of nitrogens with one attached hydrogen (secondary N) is 1. The summed E-state index contributed by atoms with van der Waals surface area (Å²) >= 11 is 0. The number of benzene rings is 2. The number of carbonyl (C=O) groups excluding carboxylic acids is 2. The SMILES string of the molecule is CCOC(=O)/C=C(\NC(=O)c1ccc(OCC)cc1)c1ccccc1. The highest BCUT2D eigenvalue weighted by atomic mass is 16.5. The summed E-state index contributed by atoms with van der Waals surface area (Å²) in [6, 6.07) is 16.0. The topological polar surface area (TPSA) is 64.6 Å². The number of ether oxygens (including phenoxy) is 2. The molecule has 0 atom stereocenters. The Morgan fingerprint density at radius 2 is 1.60 bits per heavy atom. The van der Waals surface area contributed by atoms with E-state index < -0.39 is 5.97 Å². The lowest BCUT2D eigenvalue weighted by atomic mass is 10.1. The van der Waals surface area contributed by atoms with Gasteiger partial charge in [0.15, 0.2) is 0 Å². The van der Waals surface area contributed by atoms with Crippen molar-refractivity contribution in [3.8, 4) is 5.75 Å². The van der Waals surface area contributed by atoms with E-state index >= 15 is 0 Å². The van der Waals surface area contributed by atoms with Crippen LogP contribution in [0.1, 0.15) is 29.8 Å². The van der Waals surface area contributed by atoms with Gasteiger partial charge in [-0.2, -0.15) is 0 Å². The predicted octanol–water partition coefficient (Wildman–Crippen LogP) is 3.42. The fourth-order valence-corrected chi connectivity index (χ4v) is 2.17. The summed E-state index contributed by atoms with van der Waals surface area (Å²) in [5.41, 5.74) is 1.57. The Labute approximate surface area is 147 Å². The molecule has 0 unspecified atom stereocenters. The van der Waals surface area contributed by atoms with Crippen LogP contribution >= 0.6 is 0 Å². The zero-order valence-electron chi connectivity index (χ0n) is 14.3. The van der Waals surface area contributed by atoms with E-state index in [0.717, 1.165) is 5.56 Å². The predicted molar refractivity (Wildman–Crippen MR) is 96.1 cm³/mol. The highest BCUT2D eigenvalue weighted by Crippen LogP contribution is 2.15. The van der Waals surface area contributed by atoms with Gasteiger partial charge in [-0.3, -0.25) is 4.79 Å². The van der Waals surface area contributed by atoms with Gasteiger partial charge in [-0.1, -0.05) is 30.3 Å². The Bertz CT molecular complexity index is 736. The minimum absolute atomic E-state index is 0.268. The summed E-state index contributed by atoms with van der Waals surface area (Å²) in [7, 11) is 0. The van der Waals surface area contributed by atoms with E-state index in [2.05, 4.69) is 5.32 Å². The smallest absolute Gasteiger partial charge is 0.332 e. The first-order chi connectivity index (χ1) is 12.1. The highest BCUT2D eigenvalue weighted by Gasteiger charge is 2.11. The summed E-state index contributed by atoms with van der Waals surface area (Å²) in [5.74, 6) is -0.125. The van der Waals surface area contributed by atoms with Gasteiger partial charge in [-0.05, 0) is 43.7 Å². The van der Waals surface area contributed by atoms with Crippen LogP contribution in [0.4, 0.5) is 0 Å². The van der Waals surface area contributed by atoms with E-state index in [1.165, 1.54) is 6.08 Å². The Morgan fingerprint density at radius 3 is 2.20 bits per heavy atom. The second-order valence-corrected chi connectivity index (χ2v) is 5.09. The first-order valence-corrected chi connectivity index (χ1v) is 8.12. The van der Waals surface area contributed by atoms with Crippen molar-refractivity contribution in [3.63, 3.8) is 0 Å². The van der Waals surface area contributed by atoms with Crippen LogP contribution in [0.2, 0.25) is 0 Å². The Kier molecular flexibility index (Phi) is 6.77. The van der Waals surface area contributed by atoms with Crippen molar-refractivity contribution in [2.75, 3.05) is 13.2 Å². The Morgan fingerprint density at radius 1 is 0.920 bits per heavy atom. The lowest BCUT2D eigenvalue weighted by Gasteiger charge is -2.11. The molecule has 0 heterocycles. The lowest BCUT2D eigenvalue weighted by molar-refractivity contribution is -0.137. The molecule has 130 valence electrons. The van der Waals surface area contributed by atoms with E-state index in [1.54, 1.807) is 31.2 Å². The molecule has 0 spiro atoms. The largest absolute Gasteiger partial charge is 0.494 e. The van der Waals surface area contributed by atoms with Gasteiger partial charge in [-0.15, -0.1) is 0 Å². The molecular formula is C20H21NO4. The Hall–Kier alpha value is -3.08. The maximum Gasteiger partial charge on any atom is 0.332 e. The zero-order valence-corrected chi connectivity index (χ0v) is 14.3. The van der Waals surface area contributed by atoms with Crippen LogP contribution in [0, 0.1) is 0 Å². The maximum atomic E-state index is 12.5. The van der Waals surface area contributed by atoms with Crippen molar-refractivity contribution in [1.82, 2.24) is 5.32 Å². The number of esters is 1. The van der Waals surface area contributed by atoms with Gasteiger partial charge in [0, 0.05) is 11.6 Å². The van der Waals surface area contributed by atoms with Crippen LogP contribution in [-0.4, -0.2) is 25.1 Å². The summed E-state index contributed by atoms with van der Waals surface area (Å²) in [5, 5.41) is 2.77. The third-order valence-electron chi connectivity index (χ3n) is 3.31. The third kappa shape index (κ3) is 5.49. The quantitative estimate of drug-likeness (QED) is 0.620. The normalized spacial score (nSPS) is 10.9. The average Bonchev–Trinajstić information content (AvgIpc) is 2.63. The fraction of sp³-hybridized carbons (Fsp3) is 0.200. The van der Waals surface area contributed by atoms with Gasteiger partial charge in [0.25, 0.3) is 5.91 Å². The first kappa shape index (κ1) is 18.3. The second kappa shape index (κ2) is 9.27. The van der Waals surface area contributed by atoms with Crippen LogP contribution in [-0.2, 0) is 9.53 Å². The van der Waals surface area contributed by atoms with Crippen LogP contribution in [0.25, 0.3) is 5.70 Å². The zero-order chi connectivity index (χ0) is 18.1. The minimum atomic E-state index is -0.506. The van der Waals surface area contributed by atoms with Crippen molar-refractivity contribution in [2.24, 2.45) is 0 Å². The molecular weight excluding hydrogens is 318 g/mol. The summed E-state index contributed by atoms with van der Waals surface area (Å²) in [6.07, 6.45) is 1.28. The van der Waals surface area contributed by atoms with Crippen molar-refractivity contribution in [1.29, 1.82) is 0 Å². The number of carbonyl (C=O) groups is 2. The van der Waals surface area contributed by atoms with Gasteiger partial charge in [0.05, 0.1) is 18.9 Å². The summed E-state index contributed by atoms with van der Waals surface area (Å²) in [6.45, 7) is 4.45. The monoisotopic (exact) mass is 339 g/mol. The number of hydrogen-bond donors (Lipinski definition) is 1. The van der Waals surface area contributed by atoms with Crippen molar-refractivity contribution in [3.05, 3.63) is 71.8 Å². The molecule has 0 radical (unpaired) electrons. The van der Waals surface area contributed by atoms with E-state index in [4.69, 9.17) is 9.47 Å². The number of hydrogen-bond acceptors (Lipinski definition) is 4. The average molecular weight is 339 g/mol. The second-order valence-electron chi connectivity index (χ2n) is 5.09. The van der Waals surface area contributed by atoms with Gasteiger partial charge >= 0.3 is 5.97 Å². The van der Waals surface area contributed by atoms with E-state index in [0.29, 0.717) is 23.6 Å². The van der Waals surface area contributed by atoms with Crippen molar-refractivity contribution >= 4 is 17.6 Å². The Balaban J connectivity index is 2.20. The molecule has 2 aromatic carbocycles. The lowest BCUT2D eigenvalue weighted by Crippen LogP contribution is -2.23. The van der Waals surface area contributed by atoms with Crippen LogP contribution in [0.5, 0.6) is 5.75 Å². The molecule has 0 fully saturated rings. The number of rotatable bonds is 7. The van der Waals surface area contributed by atoms with Gasteiger partial charge in [0.1, 0.15) is 5.75 Å². The molecule has 0 saturated carbocycles. The van der Waals surface area contributed by atoms with E-state index in [-0.39, 0.29) is 12.5 Å². The molecule has 0 saturated heterocycles. The molecule has 0 aromatic heterocycles. The molecule has 5 heteroatoms. The first-order valence-electron chi connectivity index (χ1n) is 8.12. The van der Waals surface area contributed by atoms with Gasteiger partial charge in [-0.25, -0.2) is 4.79 Å². The molecule has 0 aliphatic heterocycles. The maximum absolute atomic E-state index is 12.5. The van der Waals surface area contributed by atoms with E-state index in [1.807, 2.05) is 37.3 Å². The van der Waals surface area contributed by atoms with Crippen LogP contribution < -0.4 is 10.1 Å².